The van der Waals surface area contributed by atoms with E-state index < -0.39 is 0 Å². The minimum Gasteiger partial charge on any atom is -0.469 e. The van der Waals surface area contributed by atoms with Gasteiger partial charge in [0.05, 0.1) is 12.8 Å². The average molecular weight is 424 g/mol. The molecular weight excluding hydrogens is 403 g/mol. The van der Waals surface area contributed by atoms with E-state index in [0.717, 1.165) is 35.9 Å². The number of para-hydroxylation sites is 1. The summed E-state index contributed by atoms with van der Waals surface area (Å²) in [7, 11) is 1.77. The summed E-state index contributed by atoms with van der Waals surface area (Å²) < 4.78 is 5.31. The summed E-state index contributed by atoms with van der Waals surface area (Å²) in [5.74, 6) is 1.75. The third kappa shape index (κ3) is 4.75. The van der Waals surface area contributed by atoms with E-state index in [1.54, 1.807) is 13.3 Å². The van der Waals surface area contributed by atoms with Crippen LogP contribution in [0.15, 0.2) is 58.1 Å². The monoisotopic (exact) mass is 424 g/mol. The van der Waals surface area contributed by atoms with Gasteiger partial charge in [-0.2, -0.15) is 0 Å². The molecule has 0 saturated carbocycles. The van der Waals surface area contributed by atoms with Gasteiger partial charge in [-0.1, -0.05) is 18.2 Å². The normalized spacial score (nSPS) is 11.3. The molecule has 3 N–H and O–H groups in total. The van der Waals surface area contributed by atoms with Crippen molar-refractivity contribution in [2.45, 2.75) is 13.0 Å². The topological polar surface area (TPSA) is 65.3 Å². The van der Waals surface area contributed by atoms with E-state index >= 15 is 0 Å². The molecule has 5 nitrogen and oxygen atoms in total. The zero-order chi connectivity index (χ0) is 15.2. The fourth-order valence-corrected chi connectivity index (χ4v) is 2.39. The summed E-state index contributed by atoms with van der Waals surface area (Å²) >= 11 is 0. The molecular formula is C17H21IN4O. The number of halogens is 1. The molecule has 2 aromatic heterocycles. The van der Waals surface area contributed by atoms with E-state index in [0.29, 0.717) is 6.54 Å². The number of furan rings is 1. The van der Waals surface area contributed by atoms with Crippen LogP contribution in [-0.2, 0) is 13.0 Å². The number of hydrogen-bond donors (Lipinski definition) is 3. The summed E-state index contributed by atoms with van der Waals surface area (Å²) in [6.07, 6.45) is 2.53. The van der Waals surface area contributed by atoms with Crippen molar-refractivity contribution in [1.29, 1.82) is 0 Å². The fraction of sp³-hybridized carbons (Fsp3) is 0.235. The second kappa shape index (κ2) is 8.61. The Kier molecular flexibility index (Phi) is 6.52. The van der Waals surface area contributed by atoms with Gasteiger partial charge < -0.3 is 20.0 Å². The van der Waals surface area contributed by atoms with E-state index in [9.17, 15) is 0 Å². The third-order valence-electron chi connectivity index (χ3n) is 3.50. The number of nitrogens with one attached hydrogen (secondary N) is 3. The zero-order valence-electron chi connectivity index (χ0n) is 13.0. The van der Waals surface area contributed by atoms with Crippen molar-refractivity contribution in [1.82, 2.24) is 15.6 Å². The molecule has 3 aromatic rings. The maximum Gasteiger partial charge on any atom is 0.191 e. The number of guanidine groups is 1. The lowest BCUT2D eigenvalue weighted by Crippen LogP contribution is -2.37. The van der Waals surface area contributed by atoms with Gasteiger partial charge in [0.25, 0.3) is 0 Å². The molecule has 0 spiro atoms. The molecule has 0 aliphatic carbocycles. The second-order valence-corrected chi connectivity index (χ2v) is 5.06. The number of aromatic amines is 1. The minimum atomic E-state index is 0. The van der Waals surface area contributed by atoms with Crippen LogP contribution in [0.1, 0.15) is 11.5 Å². The Hall–Kier alpha value is -1.96. The highest BCUT2D eigenvalue weighted by atomic mass is 127. The van der Waals surface area contributed by atoms with E-state index in [2.05, 4.69) is 38.8 Å². The third-order valence-corrected chi connectivity index (χ3v) is 3.50. The molecule has 23 heavy (non-hydrogen) atoms. The minimum absolute atomic E-state index is 0. The van der Waals surface area contributed by atoms with E-state index in [1.165, 1.54) is 5.39 Å². The second-order valence-electron chi connectivity index (χ2n) is 5.06. The predicted octanol–water partition coefficient (Wildman–Crippen LogP) is 3.29. The van der Waals surface area contributed by atoms with Crippen LogP contribution in [0.2, 0.25) is 0 Å². The molecule has 0 bridgehead atoms. The molecule has 0 atom stereocenters. The molecule has 0 radical (unpaired) electrons. The molecule has 0 aliphatic rings. The van der Waals surface area contributed by atoms with Gasteiger partial charge in [-0.05, 0) is 29.7 Å². The van der Waals surface area contributed by atoms with E-state index in [1.807, 2.05) is 24.3 Å². The smallest absolute Gasteiger partial charge is 0.191 e. The molecule has 122 valence electrons. The summed E-state index contributed by atoms with van der Waals surface area (Å²) in [5, 5.41) is 7.80. The maximum atomic E-state index is 5.31. The number of fused-ring (bicyclic) bond motifs is 1. The molecule has 3 rings (SSSR count). The van der Waals surface area contributed by atoms with Gasteiger partial charge in [0.1, 0.15) is 5.76 Å². The van der Waals surface area contributed by atoms with Crippen LogP contribution in [0.25, 0.3) is 10.9 Å². The van der Waals surface area contributed by atoms with Crippen LogP contribution in [0.3, 0.4) is 0 Å². The Bertz CT molecular complexity index is 716. The Morgan fingerprint density at radius 3 is 2.78 bits per heavy atom. The highest BCUT2D eigenvalue weighted by molar-refractivity contribution is 14.0. The van der Waals surface area contributed by atoms with Gasteiger partial charge in [0.2, 0.25) is 0 Å². The number of aliphatic imine (C=N–C) groups is 1. The van der Waals surface area contributed by atoms with Crippen LogP contribution in [0.5, 0.6) is 0 Å². The number of H-pyrrole nitrogens is 1. The Balaban J connectivity index is 0.00000192. The van der Waals surface area contributed by atoms with Gasteiger partial charge in [-0.15, -0.1) is 24.0 Å². The number of rotatable bonds is 5. The zero-order valence-corrected chi connectivity index (χ0v) is 15.3. The van der Waals surface area contributed by atoms with Gasteiger partial charge in [-0.3, -0.25) is 4.99 Å². The van der Waals surface area contributed by atoms with Gasteiger partial charge in [-0.25, -0.2) is 0 Å². The van der Waals surface area contributed by atoms with Crippen molar-refractivity contribution in [3.8, 4) is 0 Å². The molecule has 0 fully saturated rings. The van der Waals surface area contributed by atoms with Gasteiger partial charge in [0.15, 0.2) is 5.96 Å². The number of aromatic nitrogens is 1. The Morgan fingerprint density at radius 2 is 2.04 bits per heavy atom. The van der Waals surface area contributed by atoms with Crippen LogP contribution in [0.4, 0.5) is 0 Å². The average Bonchev–Trinajstić information content (AvgIpc) is 3.19. The first-order chi connectivity index (χ1) is 10.8. The van der Waals surface area contributed by atoms with Crippen LogP contribution < -0.4 is 10.6 Å². The predicted molar refractivity (Wildman–Crippen MR) is 104 cm³/mol. The standard InChI is InChI=1S/C17H20N4O.HI/c1-18-17(19-9-8-15-6-4-10-22-15)20-12-14-11-13-5-2-3-7-16(13)21-14;/h2-7,10-11,21H,8-9,12H2,1H3,(H2,18,19,20);1H. The summed E-state index contributed by atoms with van der Waals surface area (Å²) in [5.41, 5.74) is 2.29. The Morgan fingerprint density at radius 1 is 1.17 bits per heavy atom. The van der Waals surface area contributed by atoms with Gasteiger partial charge >= 0.3 is 0 Å². The van der Waals surface area contributed by atoms with Crippen molar-refractivity contribution in [3.63, 3.8) is 0 Å². The molecule has 0 saturated heterocycles. The molecule has 0 amide bonds. The molecule has 2 heterocycles. The molecule has 0 aliphatic heterocycles. The Labute approximate surface area is 152 Å². The van der Waals surface area contributed by atoms with Crippen LogP contribution in [0, 0.1) is 0 Å². The summed E-state index contributed by atoms with van der Waals surface area (Å²) in [6.45, 7) is 1.48. The first-order valence-electron chi connectivity index (χ1n) is 7.38. The van der Waals surface area contributed by atoms with Crippen molar-refractivity contribution >= 4 is 40.8 Å². The fourth-order valence-electron chi connectivity index (χ4n) is 2.39. The quantitative estimate of drug-likeness (QED) is 0.335. The molecule has 0 unspecified atom stereocenters. The van der Waals surface area contributed by atoms with E-state index in [4.69, 9.17) is 4.42 Å². The highest BCUT2D eigenvalue weighted by Gasteiger charge is 2.02. The number of benzene rings is 1. The van der Waals surface area contributed by atoms with Crippen molar-refractivity contribution in [2.24, 2.45) is 4.99 Å². The SMILES string of the molecule is CN=C(NCCc1ccco1)NCc1cc2ccccc2[nH]1.I. The summed E-state index contributed by atoms with van der Waals surface area (Å²) in [4.78, 5) is 7.62. The lowest BCUT2D eigenvalue weighted by Gasteiger charge is -2.10. The molecule has 6 heteroatoms. The maximum absolute atomic E-state index is 5.31. The highest BCUT2D eigenvalue weighted by Crippen LogP contribution is 2.14. The molecule has 1 aromatic carbocycles. The lowest BCUT2D eigenvalue weighted by molar-refractivity contribution is 0.507. The van der Waals surface area contributed by atoms with Crippen molar-refractivity contribution < 1.29 is 4.42 Å². The largest absolute Gasteiger partial charge is 0.469 e. The van der Waals surface area contributed by atoms with Gasteiger partial charge in [0, 0.05) is 31.2 Å². The van der Waals surface area contributed by atoms with E-state index in [-0.39, 0.29) is 24.0 Å². The number of hydrogen-bond acceptors (Lipinski definition) is 2. The summed E-state index contributed by atoms with van der Waals surface area (Å²) in [6, 6.07) is 14.3. The first-order valence-corrected chi connectivity index (χ1v) is 7.38. The van der Waals surface area contributed by atoms with Crippen molar-refractivity contribution in [2.75, 3.05) is 13.6 Å². The number of nitrogens with zero attached hydrogens (tertiary/aromatic N) is 1. The lowest BCUT2D eigenvalue weighted by atomic mass is 10.2. The van der Waals surface area contributed by atoms with Crippen LogP contribution in [-0.4, -0.2) is 24.5 Å². The van der Waals surface area contributed by atoms with Crippen LogP contribution >= 0.6 is 24.0 Å². The van der Waals surface area contributed by atoms with Crippen molar-refractivity contribution in [3.05, 3.63) is 60.2 Å². The first kappa shape index (κ1) is 17.4.